The Bertz CT molecular complexity index is 642. The fraction of sp³-hybridized carbons (Fsp3) is 0.294. The van der Waals surface area contributed by atoms with E-state index in [2.05, 4.69) is 38.5 Å². The second-order valence-corrected chi connectivity index (χ2v) is 5.87. The number of ether oxygens (including phenoxy) is 1. The van der Waals surface area contributed by atoms with Crippen molar-refractivity contribution in [1.29, 1.82) is 0 Å². The van der Waals surface area contributed by atoms with Crippen molar-refractivity contribution in [3.05, 3.63) is 52.6 Å². The molecule has 8 heteroatoms. The van der Waals surface area contributed by atoms with Gasteiger partial charge in [-0.3, -0.25) is 4.79 Å². The molecule has 0 radical (unpaired) electrons. The van der Waals surface area contributed by atoms with E-state index >= 15 is 0 Å². The molecule has 0 aliphatic rings. The van der Waals surface area contributed by atoms with E-state index < -0.39 is 0 Å². The number of carbonyl (C=O) groups excluding carboxylic acids is 1. The number of aromatic nitrogens is 1. The third kappa shape index (κ3) is 8.54. The van der Waals surface area contributed by atoms with Crippen LogP contribution in [0.15, 0.2) is 47.1 Å². The van der Waals surface area contributed by atoms with E-state index in [1.165, 1.54) is 6.20 Å². The molecule has 2 N–H and O–H groups in total. The smallest absolute Gasteiger partial charge is 0.252 e. The van der Waals surface area contributed by atoms with Crippen LogP contribution in [-0.4, -0.2) is 30.5 Å². The number of nitrogens with one attached hydrogen (secondary N) is 2. The summed E-state index contributed by atoms with van der Waals surface area (Å²) in [7, 11) is 0. The van der Waals surface area contributed by atoms with Crippen molar-refractivity contribution in [3.8, 4) is 11.6 Å². The lowest BCUT2D eigenvalue weighted by Gasteiger charge is -2.07. The van der Waals surface area contributed by atoms with Crippen molar-refractivity contribution in [1.82, 2.24) is 15.6 Å². The first kappa shape index (κ1) is 23.7. The molecule has 25 heavy (non-hydrogen) atoms. The van der Waals surface area contributed by atoms with Gasteiger partial charge in [0.15, 0.2) is 0 Å². The van der Waals surface area contributed by atoms with Crippen LogP contribution in [0.1, 0.15) is 23.7 Å². The summed E-state index contributed by atoms with van der Waals surface area (Å²) in [6, 6.07) is 10.9. The zero-order valence-corrected chi connectivity index (χ0v) is 17.0. The van der Waals surface area contributed by atoms with Gasteiger partial charge < -0.3 is 15.4 Å². The largest absolute Gasteiger partial charge is 0.439 e. The molecular formula is C17H22BrCl2N3O2. The molecule has 0 bridgehead atoms. The number of pyridine rings is 1. The second-order valence-electron chi connectivity index (χ2n) is 4.95. The van der Waals surface area contributed by atoms with Gasteiger partial charge in [-0.15, -0.1) is 24.8 Å². The number of carbonyl (C=O) groups is 1. The van der Waals surface area contributed by atoms with Crippen molar-refractivity contribution in [2.24, 2.45) is 0 Å². The minimum Gasteiger partial charge on any atom is -0.439 e. The molecule has 1 heterocycles. The van der Waals surface area contributed by atoms with Crippen LogP contribution in [0.4, 0.5) is 0 Å². The van der Waals surface area contributed by atoms with Gasteiger partial charge in [0.2, 0.25) is 5.88 Å². The zero-order valence-electron chi connectivity index (χ0n) is 13.8. The number of amides is 1. The van der Waals surface area contributed by atoms with Crippen molar-refractivity contribution in [2.75, 3.05) is 19.6 Å². The Balaban J connectivity index is 0.00000288. The average Bonchev–Trinajstić information content (AvgIpc) is 2.55. The van der Waals surface area contributed by atoms with Gasteiger partial charge >= 0.3 is 0 Å². The lowest BCUT2D eigenvalue weighted by Crippen LogP contribution is -2.32. The lowest BCUT2D eigenvalue weighted by molar-refractivity contribution is 0.0953. The maximum Gasteiger partial charge on any atom is 0.252 e. The van der Waals surface area contributed by atoms with Gasteiger partial charge in [0.05, 0.1) is 5.56 Å². The quantitative estimate of drug-likeness (QED) is 0.591. The van der Waals surface area contributed by atoms with Gasteiger partial charge in [0.25, 0.3) is 5.91 Å². The van der Waals surface area contributed by atoms with Gasteiger partial charge in [-0.25, -0.2) is 4.98 Å². The summed E-state index contributed by atoms with van der Waals surface area (Å²) in [5.74, 6) is 1.00. The van der Waals surface area contributed by atoms with Crippen LogP contribution in [0.3, 0.4) is 0 Å². The van der Waals surface area contributed by atoms with Crippen LogP contribution < -0.4 is 15.4 Å². The van der Waals surface area contributed by atoms with Crippen molar-refractivity contribution >= 4 is 46.7 Å². The predicted molar refractivity (Wildman–Crippen MR) is 108 cm³/mol. The molecule has 0 saturated heterocycles. The molecule has 0 aliphatic heterocycles. The molecule has 0 saturated carbocycles. The maximum atomic E-state index is 12.0. The Kier molecular flexibility index (Phi) is 12.2. The Morgan fingerprint density at radius 1 is 1.16 bits per heavy atom. The summed E-state index contributed by atoms with van der Waals surface area (Å²) >= 11 is 3.39. The van der Waals surface area contributed by atoms with E-state index in [1.54, 1.807) is 12.1 Å². The summed E-state index contributed by atoms with van der Waals surface area (Å²) in [5.41, 5.74) is 0.516. The molecular weight excluding hydrogens is 429 g/mol. The molecule has 0 aliphatic carbocycles. The third-order valence-electron chi connectivity index (χ3n) is 3.03. The van der Waals surface area contributed by atoms with Gasteiger partial charge in [-0.05, 0) is 37.2 Å². The molecule has 1 aromatic carbocycles. The Hall–Kier alpha value is -1.34. The number of rotatable bonds is 8. The SMILES string of the molecule is CCCNCCNC(=O)c1ccc(Oc2cccc(Br)c2)nc1.Cl.Cl. The van der Waals surface area contributed by atoms with E-state index in [1.807, 2.05) is 24.3 Å². The number of halogens is 3. The summed E-state index contributed by atoms with van der Waals surface area (Å²) < 4.78 is 6.57. The van der Waals surface area contributed by atoms with Crippen LogP contribution in [-0.2, 0) is 0 Å². The van der Waals surface area contributed by atoms with Crippen LogP contribution in [0.25, 0.3) is 0 Å². The van der Waals surface area contributed by atoms with Crippen LogP contribution in [0.5, 0.6) is 11.6 Å². The Morgan fingerprint density at radius 3 is 2.60 bits per heavy atom. The Labute approximate surface area is 168 Å². The van der Waals surface area contributed by atoms with E-state index in [9.17, 15) is 4.79 Å². The third-order valence-corrected chi connectivity index (χ3v) is 3.52. The van der Waals surface area contributed by atoms with Crippen LogP contribution in [0.2, 0.25) is 0 Å². The average molecular weight is 451 g/mol. The monoisotopic (exact) mass is 449 g/mol. The number of benzene rings is 1. The summed E-state index contributed by atoms with van der Waals surface area (Å²) in [6.45, 7) is 4.42. The van der Waals surface area contributed by atoms with E-state index in [-0.39, 0.29) is 30.7 Å². The molecule has 2 rings (SSSR count). The van der Waals surface area contributed by atoms with Crippen molar-refractivity contribution < 1.29 is 9.53 Å². The summed E-state index contributed by atoms with van der Waals surface area (Å²) in [4.78, 5) is 16.1. The maximum absolute atomic E-state index is 12.0. The van der Waals surface area contributed by atoms with Gasteiger partial charge in [0.1, 0.15) is 5.75 Å². The van der Waals surface area contributed by atoms with E-state index in [0.717, 1.165) is 24.0 Å². The molecule has 0 unspecified atom stereocenters. The van der Waals surface area contributed by atoms with Crippen molar-refractivity contribution in [2.45, 2.75) is 13.3 Å². The van der Waals surface area contributed by atoms with E-state index in [0.29, 0.717) is 23.7 Å². The van der Waals surface area contributed by atoms with Gasteiger partial charge in [-0.1, -0.05) is 28.9 Å². The predicted octanol–water partition coefficient (Wildman–Crippen LogP) is 4.21. The molecule has 138 valence electrons. The highest BCUT2D eigenvalue weighted by atomic mass is 79.9. The minimum atomic E-state index is -0.134. The number of hydrogen-bond donors (Lipinski definition) is 2. The van der Waals surface area contributed by atoms with Gasteiger partial charge in [0, 0.05) is 29.8 Å². The molecule has 1 aromatic heterocycles. The summed E-state index contributed by atoms with van der Waals surface area (Å²) in [6.07, 6.45) is 2.60. The second kappa shape index (κ2) is 12.9. The van der Waals surface area contributed by atoms with Crippen LogP contribution >= 0.6 is 40.7 Å². The van der Waals surface area contributed by atoms with Crippen LogP contribution in [0, 0.1) is 0 Å². The van der Waals surface area contributed by atoms with Crippen molar-refractivity contribution in [3.63, 3.8) is 0 Å². The fourth-order valence-electron chi connectivity index (χ4n) is 1.89. The molecule has 2 aromatic rings. The zero-order chi connectivity index (χ0) is 16.5. The highest BCUT2D eigenvalue weighted by Gasteiger charge is 2.06. The molecule has 0 spiro atoms. The highest BCUT2D eigenvalue weighted by molar-refractivity contribution is 9.10. The minimum absolute atomic E-state index is 0. The first-order chi connectivity index (χ1) is 11.2. The molecule has 5 nitrogen and oxygen atoms in total. The molecule has 1 amide bonds. The fourth-order valence-corrected chi connectivity index (χ4v) is 2.27. The number of hydrogen-bond acceptors (Lipinski definition) is 4. The first-order valence-electron chi connectivity index (χ1n) is 7.57. The van der Waals surface area contributed by atoms with E-state index in [4.69, 9.17) is 4.74 Å². The van der Waals surface area contributed by atoms with Gasteiger partial charge in [-0.2, -0.15) is 0 Å². The molecule has 0 fully saturated rings. The Morgan fingerprint density at radius 2 is 1.96 bits per heavy atom. The normalized spacial score (nSPS) is 9.52. The lowest BCUT2D eigenvalue weighted by atomic mass is 10.2. The first-order valence-corrected chi connectivity index (χ1v) is 8.36. The highest BCUT2D eigenvalue weighted by Crippen LogP contribution is 2.22. The number of nitrogens with zero attached hydrogens (tertiary/aromatic N) is 1. The topological polar surface area (TPSA) is 63.2 Å². The summed E-state index contributed by atoms with van der Waals surface area (Å²) in [5, 5.41) is 6.07. The molecule has 0 atom stereocenters. The standard InChI is InChI=1S/C17H20BrN3O2.2ClH/c1-2-8-19-9-10-20-17(22)13-6-7-16(21-12-13)23-15-5-3-4-14(18)11-15;;/h3-7,11-12,19H,2,8-10H2,1H3,(H,20,22);2*1H.